The van der Waals surface area contributed by atoms with Crippen LogP contribution < -0.4 is 19.0 Å². The lowest BCUT2D eigenvalue weighted by molar-refractivity contribution is -0.141. The quantitative estimate of drug-likeness (QED) is 0.362. The van der Waals surface area contributed by atoms with Crippen molar-refractivity contribution in [2.45, 2.75) is 18.4 Å². The minimum atomic E-state index is -3.85. The SMILES string of the molecule is COC(=O)Cn1c(=NC(=O)c2cccc(NS(=O)(=O)c3ccc(C)cc3)c2)sc2cc3c(cc21)OCCO3. The summed E-state index contributed by atoms with van der Waals surface area (Å²) >= 11 is 1.21. The van der Waals surface area contributed by atoms with Gasteiger partial charge < -0.3 is 18.8 Å². The lowest BCUT2D eigenvalue weighted by Crippen LogP contribution is -2.22. The van der Waals surface area contributed by atoms with Gasteiger partial charge in [0.1, 0.15) is 19.8 Å². The van der Waals surface area contributed by atoms with E-state index in [9.17, 15) is 18.0 Å². The number of nitrogens with one attached hydrogen (secondary N) is 1. The van der Waals surface area contributed by atoms with E-state index >= 15 is 0 Å². The average Bonchev–Trinajstić information content (AvgIpc) is 3.22. The summed E-state index contributed by atoms with van der Waals surface area (Å²) in [6.07, 6.45) is 0. The number of esters is 1. The molecule has 1 N–H and O–H groups in total. The Morgan fingerprint density at radius 3 is 2.47 bits per heavy atom. The molecule has 1 aliphatic heterocycles. The molecule has 0 aliphatic carbocycles. The number of carbonyl (C=O) groups excluding carboxylic acids is 2. The van der Waals surface area contributed by atoms with Crippen LogP contribution in [0.25, 0.3) is 10.2 Å². The van der Waals surface area contributed by atoms with Gasteiger partial charge in [-0.25, -0.2) is 8.42 Å². The molecule has 1 amide bonds. The van der Waals surface area contributed by atoms with Crippen molar-refractivity contribution < 1.29 is 32.2 Å². The Labute approximate surface area is 222 Å². The first-order valence-electron chi connectivity index (χ1n) is 11.5. The van der Waals surface area contributed by atoms with E-state index in [1.165, 1.54) is 42.7 Å². The zero-order valence-electron chi connectivity index (χ0n) is 20.5. The molecule has 1 aromatic heterocycles. The van der Waals surface area contributed by atoms with Gasteiger partial charge in [0.25, 0.3) is 15.9 Å². The summed E-state index contributed by atoms with van der Waals surface area (Å²) in [5, 5.41) is 0. The number of aryl methyl sites for hydroxylation is 1. The normalized spacial score (nSPS) is 13.4. The number of benzene rings is 3. The predicted molar refractivity (Wildman–Crippen MR) is 141 cm³/mol. The lowest BCUT2D eigenvalue weighted by atomic mass is 10.2. The number of sulfonamides is 1. The molecular formula is C26H23N3O7S2. The van der Waals surface area contributed by atoms with E-state index in [1.54, 1.807) is 41.0 Å². The number of fused-ring (bicyclic) bond motifs is 2. The lowest BCUT2D eigenvalue weighted by Gasteiger charge is -2.18. The highest BCUT2D eigenvalue weighted by Crippen LogP contribution is 2.35. The minimum absolute atomic E-state index is 0.106. The number of amides is 1. The van der Waals surface area contributed by atoms with Crippen LogP contribution in [-0.2, 0) is 26.1 Å². The Morgan fingerprint density at radius 1 is 1.05 bits per heavy atom. The topological polar surface area (TPSA) is 125 Å². The fourth-order valence-corrected chi connectivity index (χ4v) is 5.92. The molecule has 0 saturated carbocycles. The van der Waals surface area contributed by atoms with Crippen LogP contribution in [0.2, 0.25) is 0 Å². The monoisotopic (exact) mass is 553 g/mol. The number of aromatic nitrogens is 1. The van der Waals surface area contributed by atoms with Crippen LogP contribution in [0.1, 0.15) is 15.9 Å². The number of rotatable bonds is 6. The van der Waals surface area contributed by atoms with Gasteiger partial charge in [-0.1, -0.05) is 35.1 Å². The molecule has 1 aliphatic rings. The van der Waals surface area contributed by atoms with Crippen LogP contribution in [0.4, 0.5) is 5.69 Å². The van der Waals surface area contributed by atoms with E-state index in [4.69, 9.17) is 14.2 Å². The zero-order valence-corrected chi connectivity index (χ0v) is 22.1. The van der Waals surface area contributed by atoms with Crippen LogP contribution in [0.15, 0.2) is 70.6 Å². The highest BCUT2D eigenvalue weighted by Gasteiger charge is 2.19. The van der Waals surface area contributed by atoms with Gasteiger partial charge >= 0.3 is 5.97 Å². The summed E-state index contributed by atoms with van der Waals surface area (Å²) in [6.45, 7) is 2.52. The molecule has 0 bridgehead atoms. The first-order chi connectivity index (χ1) is 18.2. The van der Waals surface area contributed by atoms with Crippen LogP contribution in [-0.4, -0.2) is 45.2 Å². The van der Waals surface area contributed by atoms with Crippen LogP contribution in [0.5, 0.6) is 11.5 Å². The van der Waals surface area contributed by atoms with Gasteiger partial charge in [0, 0.05) is 23.4 Å². The minimum Gasteiger partial charge on any atom is -0.486 e. The molecule has 0 spiro atoms. The molecule has 12 heteroatoms. The van der Waals surface area contributed by atoms with Crippen molar-refractivity contribution in [3.63, 3.8) is 0 Å². The molecule has 0 radical (unpaired) electrons. The van der Waals surface area contributed by atoms with E-state index in [-0.39, 0.29) is 27.5 Å². The summed E-state index contributed by atoms with van der Waals surface area (Å²) in [4.78, 5) is 29.9. The number of methoxy groups -OCH3 is 1. The van der Waals surface area contributed by atoms with E-state index in [2.05, 4.69) is 9.71 Å². The van der Waals surface area contributed by atoms with Crippen LogP contribution >= 0.6 is 11.3 Å². The molecule has 0 fully saturated rings. The summed E-state index contributed by atoms with van der Waals surface area (Å²) in [7, 11) is -2.57. The molecule has 4 aromatic rings. The van der Waals surface area contributed by atoms with Crippen LogP contribution in [0, 0.1) is 6.92 Å². The summed E-state index contributed by atoms with van der Waals surface area (Å²) < 4.78 is 46.5. The molecule has 3 aromatic carbocycles. The van der Waals surface area contributed by atoms with Crippen molar-refractivity contribution >= 4 is 49.1 Å². The smallest absolute Gasteiger partial charge is 0.325 e. The molecule has 0 saturated heterocycles. The number of nitrogens with zero attached hydrogens (tertiary/aromatic N) is 2. The maximum Gasteiger partial charge on any atom is 0.325 e. The van der Waals surface area contributed by atoms with Gasteiger partial charge in [0.15, 0.2) is 16.3 Å². The average molecular weight is 554 g/mol. The van der Waals surface area contributed by atoms with E-state index in [1.807, 2.05) is 6.92 Å². The third kappa shape index (κ3) is 5.27. The number of hydrogen-bond donors (Lipinski definition) is 1. The second-order valence-electron chi connectivity index (χ2n) is 8.43. The Kier molecular flexibility index (Phi) is 6.91. The van der Waals surface area contributed by atoms with Crippen molar-refractivity contribution in [3.8, 4) is 11.5 Å². The summed E-state index contributed by atoms with van der Waals surface area (Å²) in [5.41, 5.74) is 1.95. The number of thiazole rings is 1. The van der Waals surface area contributed by atoms with Gasteiger partial charge in [0.2, 0.25) is 0 Å². The summed E-state index contributed by atoms with van der Waals surface area (Å²) in [6, 6.07) is 16.0. The molecular weight excluding hydrogens is 530 g/mol. The maximum absolute atomic E-state index is 13.2. The molecule has 0 unspecified atom stereocenters. The van der Waals surface area contributed by atoms with E-state index in [0.29, 0.717) is 30.2 Å². The predicted octanol–water partition coefficient (Wildman–Crippen LogP) is 3.50. The van der Waals surface area contributed by atoms with Gasteiger partial charge in [-0.3, -0.25) is 14.3 Å². The van der Waals surface area contributed by atoms with E-state index < -0.39 is 21.9 Å². The van der Waals surface area contributed by atoms with Crippen LogP contribution in [0.3, 0.4) is 0 Å². The third-order valence-corrected chi connectivity index (χ3v) is 8.19. The van der Waals surface area contributed by atoms with Gasteiger partial charge in [0.05, 0.1) is 22.2 Å². The van der Waals surface area contributed by atoms with Crippen molar-refractivity contribution in [2.75, 3.05) is 25.0 Å². The first kappa shape index (κ1) is 25.5. The fraction of sp³-hybridized carbons (Fsp3) is 0.192. The second-order valence-corrected chi connectivity index (χ2v) is 11.1. The number of anilines is 1. The summed E-state index contributed by atoms with van der Waals surface area (Å²) in [5.74, 6) is -0.0157. The molecule has 10 nitrogen and oxygen atoms in total. The zero-order chi connectivity index (χ0) is 26.9. The van der Waals surface area contributed by atoms with E-state index in [0.717, 1.165) is 10.3 Å². The standard InChI is InChI=1S/C26H23N3O7S2/c1-16-6-8-19(9-7-16)38(32,33)28-18-5-3-4-17(12-18)25(31)27-26-29(15-24(30)34-2)20-13-21-22(14-23(20)37-26)36-11-10-35-21/h3-9,12-14,28H,10-11,15H2,1-2H3. The van der Waals surface area contributed by atoms with Gasteiger partial charge in [-0.2, -0.15) is 4.99 Å². The number of hydrogen-bond acceptors (Lipinski definition) is 8. The van der Waals surface area contributed by atoms with Gasteiger partial charge in [-0.05, 0) is 37.3 Å². The van der Waals surface area contributed by atoms with Crippen molar-refractivity contribution in [2.24, 2.45) is 4.99 Å². The Morgan fingerprint density at radius 2 is 1.76 bits per heavy atom. The number of ether oxygens (including phenoxy) is 3. The van der Waals surface area contributed by atoms with Gasteiger partial charge in [-0.15, -0.1) is 0 Å². The molecule has 5 rings (SSSR count). The molecule has 38 heavy (non-hydrogen) atoms. The highest BCUT2D eigenvalue weighted by molar-refractivity contribution is 7.92. The molecule has 2 heterocycles. The Hall–Kier alpha value is -4.16. The molecule has 196 valence electrons. The number of carbonyl (C=O) groups is 2. The largest absolute Gasteiger partial charge is 0.486 e. The highest BCUT2D eigenvalue weighted by atomic mass is 32.2. The first-order valence-corrected chi connectivity index (χ1v) is 13.8. The Bertz CT molecular complexity index is 1720. The third-order valence-electron chi connectivity index (χ3n) is 5.75. The maximum atomic E-state index is 13.2. The van der Waals surface area contributed by atoms with Crippen molar-refractivity contribution in [3.05, 3.63) is 76.6 Å². The second kappa shape index (κ2) is 10.3. The van der Waals surface area contributed by atoms with Crippen molar-refractivity contribution in [1.29, 1.82) is 0 Å². The Balaban J connectivity index is 1.50. The van der Waals surface area contributed by atoms with Crippen molar-refractivity contribution in [1.82, 2.24) is 4.57 Å². The fourth-order valence-electron chi connectivity index (χ4n) is 3.84. The molecule has 0 atom stereocenters.